The van der Waals surface area contributed by atoms with Crippen molar-refractivity contribution in [3.63, 3.8) is 0 Å². The van der Waals surface area contributed by atoms with Crippen LogP contribution in [-0.4, -0.2) is 32.7 Å². The van der Waals surface area contributed by atoms with Crippen molar-refractivity contribution in [1.82, 2.24) is 10.0 Å². The van der Waals surface area contributed by atoms with Crippen LogP contribution in [0, 0.1) is 11.6 Å². The number of nitrogens with one attached hydrogen (secondary N) is 2. The van der Waals surface area contributed by atoms with Gasteiger partial charge in [-0.15, -0.1) is 0 Å². The first kappa shape index (κ1) is 17.7. The monoisotopic (exact) mass is 354 g/mol. The van der Waals surface area contributed by atoms with Gasteiger partial charge in [-0.3, -0.25) is 4.79 Å². The van der Waals surface area contributed by atoms with Gasteiger partial charge in [0.05, 0.1) is 6.26 Å². The maximum atomic E-state index is 14.0. The summed E-state index contributed by atoms with van der Waals surface area (Å²) in [6.45, 7) is 0. The minimum Gasteiger partial charge on any atom is -0.348 e. The molecule has 1 aliphatic rings. The van der Waals surface area contributed by atoms with E-state index in [2.05, 4.69) is 4.72 Å². The number of rotatable bonds is 5. The second-order valence-electron chi connectivity index (χ2n) is 5.40. The van der Waals surface area contributed by atoms with Gasteiger partial charge in [-0.05, 0) is 25.0 Å². The predicted molar refractivity (Wildman–Crippen MR) is 73.2 cm³/mol. The largest absolute Gasteiger partial charge is 0.355 e. The molecule has 1 aromatic carbocycles. The van der Waals surface area contributed by atoms with Crippen LogP contribution in [0.4, 0.5) is 17.6 Å². The second-order valence-corrected chi connectivity index (χ2v) is 7.18. The van der Waals surface area contributed by atoms with Crippen molar-refractivity contribution in [2.75, 3.05) is 6.26 Å². The summed E-state index contributed by atoms with van der Waals surface area (Å²) in [4.78, 5) is 11.6. The molecule has 23 heavy (non-hydrogen) atoms. The molecule has 2 N–H and O–H groups in total. The Labute approximate surface area is 130 Å². The highest BCUT2D eigenvalue weighted by molar-refractivity contribution is 7.88. The molecule has 0 bridgehead atoms. The molecule has 0 aliphatic heterocycles. The Morgan fingerprint density at radius 1 is 1.17 bits per heavy atom. The van der Waals surface area contributed by atoms with Crippen LogP contribution in [-0.2, 0) is 20.7 Å². The molecule has 0 heterocycles. The quantitative estimate of drug-likeness (QED) is 0.782. The molecule has 1 aromatic rings. The van der Waals surface area contributed by atoms with Crippen molar-refractivity contribution in [2.45, 2.75) is 30.8 Å². The third-order valence-corrected chi connectivity index (χ3v) is 4.18. The van der Waals surface area contributed by atoms with Crippen LogP contribution < -0.4 is 10.0 Å². The SMILES string of the molecule is CS(=O)(=O)NC1CC(NC(=O)C(F)(F)c2c(F)cccc2F)C1. The fourth-order valence-corrected chi connectivity index (χ4v) is 3.12. The molecule has 1 fully saturated rings. The first-order chi connectivity index (χ1) is 10.5. The number of carbonyl (C=O) groups excluding carboxylic acids is 1. The number of hydrogen-bond donors (Lipinski definition) is 2. The number of sulfonamides is 1. The average molecular weight is 354 g/mol. The summed E-state index contributed by atoms with van der Waals surface area (Å²) in [5, 5.41) is 1.97. The first-order valence-corrected chi connectivity index (χ1v) is 8.50. The molecular weight excluding hydrogens is 340 g/mol. The molecule has 128 valence electrons. The molecule has 0 spiro atoms. The lowest BCUT2D eigenvalue weighted by molar-refractivity contribution is -0.149. The molecule has 0 radical (unpaired) electrons. The van der Waals surface area contributed by atoms with Gasteiger partial charge in [-0.1, -0.05) is 6.07 Å². The normalized spacial score (nSPS) is 21.6. The van der Waals surface area contributed by atoms with Gasteiger partial charge >= 0.3 is 5.92 Å². The molecular formula is C13H14F4N2O3S. The molecule has 0 saturated heterocycles. The smallest absolute Gasteiger partial charge is 0.348 e. The Balaban J connectivity index is 2.01. The molecule has 1 aliphatic carbocycles. The second kappa shape index (κ2) is 6.08. The maximum Gasteiger partial charge on any atom is 0.355 e. The molecule has 1 amide bonds. The van der Waals surface area contributed by atoms with Crippen LogP contribution in [0.2, 0.25) is 0 Å². The van der Waals surface area contributed by atoms with Crippen molar-refractivity contribution in [3.05, 3.63) is 35.4 Å². The van der Waals surface area contributed by atoms with Crippen molar-refractivity contribution in [2.24, 2.45) is 0 Å². The average Bonchev–Trinajstić information content (AvgIpc) is 2.33. The van der Waals surface area contributed by atoms with E-state index in [0.717, 1.165) is 12.3 Å². The van der Waals surface area contributed by atoms with E-state index >= 15 is 0 Å². The molecule has 0 aromatic heterocycles. The van der Waals surface area contributed by atoms with E-state index in [4.69, 9.17) is 0 Å². The third-order valence-electron chi connectivity index (χ3n) is 3.42. The highest BCUT2D eigenvalue weighted by Gasteiger charge is 2.47. The molecule has 1 saturated carbocycles. The fraction of sp³-hybridized carbons (Fsp3) is 0.462. The predicted octanol–water partition coefficient (Wildman–Crippen LogP) is 1.25. The Morgan fingerprint density at radius 3 is 2.17 bits per heavy atom. The van der Waals surface area contributed by atoms with E-state index in [9.17, 15) is 30.8 Å². The molecule has 0 unspecified atom stereocenters. The Hall–Kier alpha value is -1.68. The zero-order valence-corrected chi connectivity index (χ0v) is 12.8. The van der Waals surface area contributed by atoms with E-state index < -0.39 is 51.1 Å². The highest BCUT2D eigenvalue weighted by Crippen LogP contribution is 2.33. The molecule has 10 heteroatoms. The number of carbonyl (C=O) groups is 1. The lowest BCUT2D eigenvalue weighted by Crippen LogP contribution is -2.55. The van der Waals surface area contributed by atoms with Gasteiger partial charge in [0.15, 0.2) is 0 Å². The Kier molecular flexibility index (Phi) is 4.67. The van der Waals surface area contributed by atoms with Gasteiger partial charge in [0.2, 0.25) is 10.0 Å². The van der Waals surface area contributed by atoms with Crippen LogP contribution in [0.3, 0.4) is 0 Å². The number of halogens is 4. The summed E-state index contributed by atoms with van der Waals surface area (Å²) in [5.74, 6) is -9.24. The van der Waals surface area contributed by atoms with Gasteiger partial charge < -0.3 is 5.32 Å². The lowest BCUT2D eigenvalue weighted by atomic mass is 9.87. The van der Waals surface area contributed by atoms with E-state index in [0.29, 0.717) is 12.1 Å². The van der Waals surface area contributed by atoms with Crippen molar-refractivity contribution in [1.29, 1.82) is 0 Å². The third kappa shape index (κ3) is 3.99. The van der Waals surface area contributed by atoms with E-state index in [1.807, 2.05) is 5.32 Å². The highest BCUT2D eigenvalue weighted by atomic mass is 32.2. The van der Waals surface area contributed by atoms with Crippen molar-refractivity contribution >= 4 is 15.9 Å². The summed E-state index contributed by atoms with van der Waals surface area (Å²) < 4.78 is 79.0. The van der Waals surface area contributed by atoms with Gasteiger partial charge in [0.25, 0.3) is 5.91 Å². The lowest BCUT2D eigenvalue weighted by Gasteiger charge is -2.36. The number of benzene rings is 1. The van der Waals surface area contributed by atoms with Gasteiger partial charge in [0.1, 0.15) is 17.2 Å². The summed E-state index contributed by atoms with van der Waals surface area (Å²) in [6, 6.07) is 1.02. The Morgan fingerprint density at radius 2 is 1.70 bits per heavy atom. The minimum atomic E-state index is -4.37. The minimum absolute atomic E-state index is 0.120. The van der Waals surface area contributed by atoms with Gasteiger partial charge in [0, 0.05) is 12.1 Å². The van der Waals surface area contributed by atoms with Crippen molar-refractivity contribution < 1.29 is 30.8 Å². The number of amides is 1. The van der Waals surface area contributed by atoms with Crippen molar-refractivity contribution in [3.8, 4) is 0 Å². The van der Waals surface area contributed by atoms with E-state index in [-0.39, 0.29) is 12.8 Å². The molecule has 2 rings (SSSR count). The first-order valence-electron chi connectivity index (χ1n) is 6.61. The van der Waals surface area contributed by atoms with Crippen LogP contribution in [0.1, 0.15) is 18.4 Å². The summed E-state index contributed by atoms with van der Waals surface area (Å²) in [6.07, 6.45) is 1.19. The summed E-state index contributed by atoms with van der Waals surface area (Å²) in [5.41, 5.74) is -1.61. The maximum absolute atomic E-state index is 14.0. The molecule has 0 atom stereocenters. The number of alkyl halides is 2. The Bertz CT molecular complexity index is 698. The van der Waals surface area contributed by atoms with E-state index in [1.165, 1.54) is 0 Å². The summed E-state index contributed by atoms with van der Waals surface area (Å²) >= 11 is 0. The van der Waals surface area contributed by atoms with Crippen LogP contribution in [0.5, 0.6) is 0 Å². The van der Waals surface area contributed by atoms with Crippen LogP contribution in [0.25, 0.3) is 0 Å². The van der Waals surface area contributed by atoms with Gasteiger partial charge in [-0.25, -0.2) is 21.9 Å². The topological polar surface area (TPSA) is 75.3 Å². The van der Waals surface area contributed by atoms with E-state index in [1.54, 1.807) is 0 Å². The fourth-order valence-electron chi connectivity index (χ4n) is 2.32. The van der Waals surface area contributed by atoms with Crippen LogP contribution in [0.15, 0.2) is 18.2 Å². The number of hydrogen-bond acceptors (Lipinski definition) is 3. The zero-order chi connectivity index (χ0) is 17.4. The van der Waals surface area contributed by atoms with Crippen LogP contribution >= 0.6 is 0 Å². The summed E-state index contributed by atoms with van der Waals surface area (Å²) in [7, 11) is -3.43. The standard InChI is InChI=1S/C13H14F4N2O3S/c1-23(21,22)19-8-5-7(6-8)18-12(20)13(16,17)11-9(14)3-2-4-10(11)15/h2-4,7-8,19H,5-6H2,1H3,(H,18,20). The van der Waals surface area contributed by atoms with Gasteiger partial charge in [-0.2, -0.15) is 8.78 Å². The zero-order valence-electron chi connectivity index (χ0n) is 11.9. The molecule has 5 nitrogen and oxygen atoms in total.